The molecule has 2 N–H and O–H groups in total. The van der Waals surface area contributed by atoms with Crippen molar-refractivity contribution in [2.24, 2.45) is 5.73 Å². The molecule has 1 unspecified atom stereocenters. The quantitative estimate of drug-likeness (QED) is 0.903. The monoisotopic (exact) mass is 264 g/mol. The van der Waals surface area contributed by atoms with Crippen LogP contribution in [0, 0.1) is 11.6 Å². The molecule has 0 saturated carbocycles. The van der Waals surface area contributed by atoms with Crippen LogP contribution in [-0.4, -0.2) is 5.91 Å². The first kappa shape index (κ1) is 11.9. The van der Waals surface area contributed by atoms with Crippen LogP contribution >= 0.6 is 0 Å². The third-order valence-corrected chi connectivity index (χ3v) is 3.10. The molecule has 1 aliphatic heterocycles. The van der Waals surface area contributed by atoms with Gasteiger partial charge in [0.05, 0.1) is 18.5 Å². The Hall–Kier alpha value is -2.21. The fourth-order valence-electron chi connectivity index (χ4n) is 2.23. The maximum absolute atomic E-state index is 13.7. The van der Waals surface area contributed by atoms with Crippen LogP contribution in [0.15, 0.2) is 34.9 Å². The van der Waals surface area contributed by atoms with Crippen molar-refractivity contribution in [2.75, 3.05) is 4.90 Å². The maximum atomic E-state index is 13.7. The summed E-state index contributed by atoms with van der Waals surface area (Å²) in [5.74, 6) is -1.52. The molecule has 0 radical (unpaired) electrons. The molecule has 6 heteroatoms. The summed E-state index contributed by atoms with van der Waals surface area (Å²) < 4.78 is 32.1. The minimum Gasteiger partial charge on any atom is -0.467 e. The average molecular weight is 264 g/mol. The van der Waals surface area contributed by atoms with Gasteiger partial charge in [-0.05, 0) is 18.2 Å². The number of carbonyl (C=O) groups excluding carboxylic acids is 1. The number of furan rings is 1. The van der Waals surface area contributed by atoms with Gasteiger partial charge in [0.1, 0.15) is 23.4 Å². The van der Waals surface area contributed by atoms with E-state index in [1.165, 1.54) is 11.2 Å². The van der Waals surface area contributed by atoms with E-state index >= 15 is 0 Å². The number of rotatable bonds is 2. The third kappa shape index (κ3) is 1.80. The molecule has 2 aromatic rings. The van der Waals surface area contributed by atoms with Gasteiger partial charge in [0.2, 0.25) is 5.91 Å². The van der Waals surface area contributed by atoms with E-state index in [0.717, 1.165) is 12.1 Å². The first-order valence-electron chi connectivity index (χ1n) is 5.66. The van der Waals surface area contributed by atoms with Crippen molar-refractivity contribution in [3.05, 3.63) is 53.5 Å². The van der Waals surface area contributed by atoms with Gasteiger partial charge >= 0.3 is 0 Å². The highest BCUT2D eigenvalue weighted by Crippen LogP contribution is 2.37. The molecule has 1 atom stereocenters. The van der Waals surface area contributed by atoms with Gasteiger partial charge in [0.25, 0.3) is 0 Å². The van der Waals surface area contributed by atoms with Crippen LogP contribution in [0.25, 0.3) is 0 Å². The zero-order chi connectivity index (χ0) is 13.6. The van der Waals surface area contributed by atoms with Gasteiger partial charge in [-0.3, -0.25) is 4.79 Å². The molecule has 1 amide bonds. The summed E-state index contributed by atoms with van der Waals surface area (Å²) in [6.45, 7) is 0.0927. The Morgan fingerprint density at radius 2 is 2.16 bits per heavy atom. The van der Waals surface area contributed by atoms with Crippen LogP contribution in [0.3, 0.4) is 0 Å². The summed E-state index contributed by atoms with van der Waals surface area (Å²) in [6, 6.07) is 4.06. The van der Waals surface area contributed by atoms with Gasteiger partial charge in [0.15, 0.2) is 0 Å². The van der Waals surface area contributed by atoms with Crippen molar-refractivity contribution in [3.8, 4) is 0 Å². The standard InChI is InChI=1S/C13H10F2N2O2/c14-7-4-9(15)11-10(5-7)17(13(18)12(11)16)6-8-2-1-3-19-8/h1-5,12H,6,16H2. The lowest BCUT2D eigenvalue weighted by Crippen LogP contribution is -2.31. The molecule has 1 aromatic heterocycles. The Morgan fingerprint density at radius 1 is 1.37 bits per heavy atom. The van der Waals surface area contributed by atoms with Gasteiger partial charge in [-0.2, -0.15) is 0 Å². The molecule has 3 rings (SSSR count). The lowest BCUT2D eigenvalue weighted by Gasteiger charge is -2.16. The second kappa shape index (κ2) is 4.17. The fraction of sp³-hybridized carbons (Fsp3) is 0.154. The molecule has 1 aromatic carbocycles. The van der Waals surface area contributed by atoms with E-state index in [9.17, 15) is 13.6 Å². The Bertz CT molecular complexity index is 640. The lowest BCUT2D eigenvalue weighted by atomic mass is 10.1. The van der Waals surface area contributed by atoms with Gasteiger partial charge in [-0.25, -0.2) is 8.78 Å². The summed E-state index contributed by atoms with van der Waals surface area (Å²) in [6.07, 6.45) is 1.46. The Morgan fingerprint density at radius 3 is 2.84 bits per heavy atom. The summed E-state index contributed by atoms with van der Waals surface area (Å²) in [5, 5.41) is 0. The van der Waals surface area contributed by atoms with E-state index in [4.69, 9.17) is 10.2 Å². The van der Waals surface area contributed by atoms with Crippen molar-refractivity contribution < 1.29 is 18.0 Å². The van der Waals surface area contributed by atoms with E-state index in [0.29, 0.717) is 5.76 Å². The second-order valence-electron chi connectivity index (χ2n) is 4.30. The molecule has 0 aliphatic carbocycles. The highest BCUT2D eigenvalue weighted by Gasteiger charge is 2.38. The van der Waals surface area contributed by atoms with E-state index in [1.807, 2.05) is 0 Å². The molecule has 0 saturated heterocycles. The van der Waals surface area contributed by atoms with Gasteiger partial charge < -0.3 is 15.1 Å². The number of amides is 1. The van der Waals surface area contributed by atoms with Crippen molar-refractivity contribution in [1.29, 1.82) is 0 Å². The first-order valence-corrected chi connectivity index (χ1v) is 5.66. The number of carbonyl (C=O) groups is 1. The number of nitrogens with zero attached hydrogens (tertiary/aromatic N) is 1. The highest BCUT2D eigenvalue weighted by atomic mass is 19.1. The molecule has 0 fully saturated rings. The van der Waals surface area contributed by atoms with E-state index in [1.54, 1.807) is 12.1 Å². The van der Waals surface area contributed by atoms with E-state index < -0.39 is 23.6 Å². The van der Waals surface area contributed by atoms with Crippen LogP contribution in [0.2, 0.25) is 0 Å². The third-order valence-electron chi connectivity index (χ3n) is 3.10. The molecule has 0 bridgehead atoms. The number of halogens is 2. The van der Waals surface area contributed by atoms with Crippen molar-refractivity contribution >= 4 is 11.6 Å². The number of anilines is 1. The molecular formula is C13H10F2N2O2. The molecule has 19 heavy (non-hydrogen) atoms. The highest BCUT2D eigenvalue weighted by molar-refractivity contribution is 6.04. The second-order valence-corrected chi connectivity index (χ2v) is 4.30. The van der Waals surface area contributed by atoms with Crippen molar-refractivity contribution in [2.45, 2.75) is 12.6 Å². The lowest BCUT2D eigenvalue weighted by molar-refractivity contribution is -0.119. The van der Waals surface area contributed by atoms with Gasteiger partial charge in [-0.15, -0.1) is 0 Å². The molecular weight excluding hydrogens is 254 g/mol. The number of hydrogen-bond acceptors (Lipinski definition) is 3. The van der Waals surface area contributed by atoms with Crippen LogP contribution in [-0.2, 0) is 11.3 Å². The number of nitrogens with two attached hydrogens (primary N) is 1. The normalized spacial score (nSPS) is 17.9. The van der Waals surface area contributed by atoms with Crippen molar-refractivity contribution in [3.63, 3.8) is 0 Å². The number of benzene rings is 1. The average Bonchev–Trinajstić information content (AvgIpc) is 2.93. The summed E-state index contributed by atoms with van der Waals surface area (Å²) in [4.78, 5) is 13.2. The SMILES string of the molecule is NC1C(=O)N(Cc2ccco2)c2cc(F)cc(F)c21. The topological polar surface area (TPSA) is 59.5 Å². The Labute approximate surface area is 107 Å². The van der Waals surface area contributed by atoms with Gasteiger partial charge in [-0.1, -0.05) is 0 Å². The molecule has 2 heterocycles. The number of hydrogen-bond donors (Lipinski definition) is 1. The van der Waals surface area contributed by atoms with Crippen LogP contribution < -0.4 is 10.6 Å². The zero-order valence-corrected chi connectivity index (χ0v) is 9.77. The Balaban J connectivity index is 2.06. The smallest absolute Gasteiger partial charge is 0.249 e. The minimum absolute atomic E-state index is 0.0259. The summed E-state index contributed by atoms with van der Waals surface area (Å²) in [5.41, 5.74) is 5.86. The maximum Gasteiger partial charge on any atom is 0.249 e. The minimum atomic E-state index is -1.11. The summed E-state index contributed by atoms with van der Waals surface area (Å²) in [7, 11) is 0. The van der Waals surface area contributed by atoms with Crippen LogP contribution in [0.4, 0.5) is 14.5 Å². The molecule has 98 valence electrons. The van der Waals surface area contributed by atoms with E-state index in [2.05, 4.69) is 0 Å². The fourth-order valence-corrected chi connectivity index (χ4v) is 2.23. The first-order chi connectivity index (χ1) is 9.08. The van der Waals surface area contributed by atoms with Crippen LogP contribution in [0.1, 0.15) is 17.4 Å². The molecule has 0 spiro atoms. The molecule has 1 aliphatic rings. The largest absolute Gasteiger partial charge is 0.467 e. The molecule has 4 nitrogen and oxygen atoms in total. The van der Waals surface area contributed by atoms with Crippen LogP contribution in [0.5, 0.6) is 0 Å². The summed E-state index contributed by atoms with van der Waals surface area (Å²) >= 11 is 0. The zero-order valence-electron chi connectivity index (χ0n) is 9.77. The van der Waals surface area contributed by atoms with Crippen molar-refractivity contribution in [1.82, 2.24) is 0 Å². The van der Waals surface area contributed by atoms with Gasteiger partial charge in [0, 0.05) is 11.6 Å². The number of fused-ring (bicyclic) bond motifs is 1. The Kier molecular flexibility index (Phi) is 2.60. The predicted octanol–water partition coefficient (Wildman–Crippen LogP) is 2.10. The van der Waals surface area contributed by atoms with E-state index in [-0.39, 0.29) is 17.8 Å². The predicted molar refractivity (Wildman–Crippen MR) is 63.2 cm³/mol.